The Balaban J connectivity index is 2.06. The average Bonchev–Trinajstić information content (AvgIpc) is 2.54. The van der Waals surface area contributed by atoms with Crippen molar-refractivity contribution in [3.8, 4) is 11.6 Å². The number of fused-ring (bicyclic) bond motifs is 1. The number of rotatable bonds is 2. The summed E-state index contributed by atoms with van der Waals surface area (Å²) < 4.78 is 12.8. The van der Waals surface area contributed by atoms with Crippen LogP contribution >= 0.6 is 0 Å². The van der Waals surface area contributed by atoms with E-state index in [1.165, 1.54) is 19.2 Å². The van der Waals surface area contributed by atoms with Crippen molar-refractivity contribution < 1.29 is 14.6 Å². The van der Waals surface area contributed by atoms with Crippen molar-refractivity contribution >= 4 is 5.69 Å². The second-order valence-electron chi connectivity index (χ2n) is 6.16. The summed E-state index contributed by atoms with van der Waals surface area (Å²) in [5.74, 6) is 0.755. The topological polar surface area (TPSA) is 77.9 Å². The minimum Gasteiger partial charge on any atom is -0.485 e. The fraction of sp³-hybridized carbons (Fsp3) is 0.353. The first-order chi connectivity index (χ1) is 11.3. The van der Waals surface area contributed by atoms with Crippen molar-refractivity contribution in [2.45, 2.75) is 31.7 Å². The Labute approximate surface area is 138 Å². The molecule has 0 saturated heterocycles. The number of aryl methyl sites for hydroxylation is 1. The highest BCUT2D eigenvalue weighted by Gasteiger charge is 2.44. The van der Waals surface area contributed by atoms with Crippen LogP contribution in [0.5, 0.6) is 11.6 Å². The van der Waals surface area contributed by atoms with Crippen LogP contribution in [0.3, 0.4) is 0 Å². The molecule has 7 nitrogen and oxygen atoms in total. The molecule has 2 heterocycles. The number of ether oxygens (including phenoxy) is 2. The maximum atomic E-state index is 11.5. The van der Waals surface area contributed by atoms with Gasteiger partial charge < -0.3 is 14.6 Å². The van der Waals surface area contributed by atoms with E-state index in [-0.39, 0.29) is 11.4 Å². The summed E-state index contributed by atoms with van der Waals surface area (Å²) in [5, 5.41) is 14.7. The van der Waals surface area contributed by atoms with Crippen molar-refractivity contribution in [3.05, 3.63) is 57.7 Å². The summed E-state index contributed by atoms with van der Waals surface area (Å²) >= 11 is 0. The van der Waals surface area contributed by atoms with E-state index in [0.717, 1.165) is 4.68 Å². The third-order valence-corrected chi connectivity index (χ3v) is 3.98. The van der Waals surface area contributed by atoms with Gasteiger partial charge in [-0.1, -0.05) is 6.07 Å². The third-order valence-electron chi connectivity index (χ3n) is 3.98. The van der Waals surface area contributed by atoms with Crippen molar-refractivity contribution in [1.29, 1.82) is 0 Å². The van der Waals surface area contributed by atoms with Crippen LogP contribution in [0.25, 0.3) is 4.85 Å². The molecule has 0 unspecified atom stereocenters. The normalized spacial score (nSPS) is 21.3. The molecule has 0 aliphatic carbocycles. The molecule has 0 radical (unpaired) electrons. The molecule has 1 aliphatic rings. The van der Waals surface area contributed by atoms with Crippen LogP contribution in [-0.4, -0.2) is 26.6 Å². The molecule has 7 heteroatoms. The molecule has 3 rings (SSSR count). The summed E-state index contributed by atoms with van der Waals surface area (Å²) in [6, 6.07) is 7.78. The number of hydrogen-bond donors (Lipinski definition) is 1. The van der Waals surface area contributed by atoms with Crippen LogP contribution in [-0.2, 0) is 7.05 Å². The average molecular weight is 327 g/mol. The lowest BCUT2D eigenvalue weighted by molar-refractivity contribution is -0.104. The first-order valence-electron chi connectivity index (χ1n) is 7.41. The third kappa shape index (κ3) is 2.72. The van der Waals surface area contributed by atoms with E-state index in [0.29, 0.717) is 17.0 Å². The molecular formula is C17H17N3O4. The van der Waals surface area contributed by atoms with E-state index < -0.39 is 17.8 Å². The molecule has 2 aromatic rings. The number of aliphatic hydroxyl groups excluding tert-OH is 1. The highest BCUT2D eigenvalue weighted by molar-refractivity contribution is 5.54. The van der Waals surface area contributed by atoms with Gasteiger partial charge in [0.1, 0.15) is 17.5 Å². The Kier molecular flexibility index (Phi) is 3.78. The van der Waals surface area contributed by atoms with E-state index in [9.17, 15) is 9.90 Å². The van der Waals surface area contributed by atoms with Gasteiger partial charge >= 0.3 is 0 Å². The van der Waals surface area contributed by atoms with E-state index >= 15 is 0 Å². The lowest BCUT2D eigenvalue weighted by Crippen LogP contribution is -2.50. The van der Waals surface area contributed by atoms with Gasteiger partial charge in [-0.2, -0.15) is 0 Å². The number of nitrogens with zero attached hydrogens (tertiary/aromatic N) is 3. The van der Waals surface area contributed by atoms with Gasteiger partial charge in [-0.3, -0.25) is 4.79 Å². The minimum atomic E-state index is -0.981. The van der Waals surface area contributed by atoms with E-state index in [2.05, 4.69) is 9.94 Å². The second-order valence-corrected chi connectivity index (χ2v) is 6.16. The van der Waals surface area contributed by atoms with Crippen LogP contribution in [0.4, 0.5) is 5.69 Å². The monoisotopic (exact) mass is 327 g/mol. The first-order valence-corrected chi connectivity index (χ1v) is 7.41. The Bertz CT molecular complexity index is 882. The summed E-state index contributed by atoms with van der Waals surface area (Å²) in [4.78, 5) is 14.9. The molecule has 1 aromatic carbocycles. The quantitative estimate of drug-likeness (QED) is 0.854. The van der Waals surface area contributed by atoms with Crippen molar-refractivity contribution in [2.24, 2.45) is 7.05 Å². The van der Waals surface area contributed by atoms with Crippen molar-refractivity contribution in [1.82, 2.24) is 9.78 Å². The molecule has 0 amide bonds. The van der Waals surface area contributed by atoms with Gasteiger partial charge in [-0.05, 0) is 26.0 Å². The predicted molar refractivity (Wildman–Crippen MR) is 86.3 cm³/mol. The van der Waals surface area contributed by atoms with Crippen LogP contribution < -0.4 is 15.0 Å². The van der Waals surface area contributed by atoms with Crippen LogP contribution in [0.2, 0.25) is 0 Å². The van der Waals surface area contributed by atoms with Gasteiger partial charge in [0.05, 0.1) is 6.57 Å². The Morgan fingerprint density at radius 3 is 2.79 bits per heavy atom. The fourth-order valence-corrected chi connectivity index (χ4v) is 2.60. The lowest BCUT2D eigenvalue weighted by atomic mass is 9.88. The molecule has 24 heavy (non-hydrogen) atoms. The number of benzene rings is 1. The van der Waals surface area contributed by atoms with Crippen molar-refractivity contribution in [3.63, 3.8) is 0 Å². The van der Waals surface area contributed by atoms with E-state index in [4.69, 9.17) is 16.0 Å². The van der Waals surface area contributed by atoms with Gasteiger partial charge in [0.2, 0.25) is 5.88 Å². The summed E-state index contributed by atoms with van der Waals surface area (Å²) in [7, 11) is 1.52. The zero-order chi connectivity index (χ0) is 17.5. The Hall–Kier alpha value is -2.85. The fourth-order valence-electron chi connectivity index (χ4n) is 2.60. The minimum absolute atomic E-state index is 0.206. The SMILES string of the molecule is [C-]#[N+]c1ccc2c(c1)[C@H](Oc1ccc(=O)n(C)n1)[C@@H](O)C(C)(C)O2. The van der Waals surface area contributed by atoms with E-state index in [1.807, 2.05) is 0 Å². The van der Waals surface area contributed by atoms with Crippen molar-refractivity contribution in [2.75, 3.05) is 0 Å². The van der Waals surface area contributed by atoms with Gasteiger partial charge in [-0.15, -0.1) is 5.10 Å². The zero-order valence-electron chi connectivity index (χ0n) is 13.6. The molecule has 0 spiro atoms. The summed E-state index contributed by atoms with van der Waals surface area (Å²) in [5.41, 5.74) is -0.138. The highest BCUT2D eigenvalue weighted by atomic mass is 16.5. The molecule has 2 atom stereocenters. The second kappa shape index (κ2) is 5.65. The zero-order valence-corrected chi connectivity index (χ0v) is 13.6. The van der Waals surface area contributed by atoms with Gasteiger partial charge in [0.25, 0.3) is 5.56 Å². The predicted octanol–water partition coefficient (Wildman–Crippen LogP) is 1.98. The molecule has 1 aliphatic heterocycles. The standard InChI is InChI=1S/C17H17N3O4/c1-17(2)16(22)15(23-13-7-8-14(21)20(4)19-13)11-9-10(18-3)5-6-12(11)24-17/h5-9,15-16,22H,1-2,4H3/t15-,16+/m0/s1. The highest BCUT2D eigenvalue weighted by Crippen LogP contribution is 2.43. The molecule has 1 aromatic heterocycles. The van der Waals surface area contributed by atoms with Crippen LogP contribution in [0.1, 0.15) is 25.5 Å². The van der Waals surface area contributed by atoms with Gasteiger partial charge in [0.15, 0.2) is 11.8 Å². The summed E-state index contributed by atoms with van der Waals surface area (Å²) in [6.45, 7) is 10.7. The molecule has 1 N–H and O–H groups in total. The van der Waals surface area contributed by atoms with E-state index in [1.54, 1.807) is 32.0 Å². The Morgan fingerprint density at radius 1 is 1.38 bits per heavy atom. The molecular weight excluding hydrogens is 310 g/mol. The molecule has 0 bridgehead atoms. The molecule has 0 fully saturated rings. The van der Waals surface area contributed by atoms with Crippen LogP contribution in [0, 0.1) is 6.57 Å². The smallest absolute Gasteiger partial charge is 0.266 e. The van der Waals surface area contributed by atoms with Gasteiger partial charge in [0, 0.05) is 24.7 Å². The number of aromatic nitrogens is 2. The summed E-state index contributed by atoms with van der Waals surface area (Å²) in [6.07, 6.45) is -1.75. The largest absolute Gasteiger partial charge is 0.485 e. The maximum absolute atomic E-state index is 11.5. The number of aliphatic hydroxyl groups is 1. The van der Waals surface area contributed by atoms with Gasteiger partial charge in [-0.25, -0.2) is 9.53 Å². The lowest BCUT2D eigenvalue weighted by Gasteiger charge is -2.41. The molecule has 124 valence electrons. The molecule has 0 saturated carbocycles. The maximum Gasteiger partial charge on any atom is 0.266 e. The number of hydrogen-bond acceptors (Lipinski definition) is 5. The van der Waals surface area contributed by atoms with Crippen LogP contribution in [0.15, 0.2) is 35.1 Å². The Morgan fingerprint density at radius 2 is 2.12 bits per heavy atom. The first kappa shape index (κ1) is 16.0.